The number of piperazine rings is 1. The summed E-state index contributed by atoms with van der Waals surface area (Å²) in [6.45, 7) is 8.03. The molecule has 2 aliphatic heterocycles. The van der Waals surface area contributed by atoms with Gasteiger partial charge in [0.25, 0.3) is 0 Å². The van der Waals surface area contributed by atoms with Crippen LogP contribution in [0.5, 0.6) is 0 Å². The first-order valence-corrected chi connectivity index (χ1v) is 7.38. The number of rotatable bonds is 3. The van der Waals surface area contributed by atoms with Crippen molar-refractivity contribution in [2.45, 2.75) is 44.7 Å². The second-order valence-corrected chi connectivity index (χ2v) is 6.24. The van der Waals surface area contributed by atoms with E-state index < -0.39 is 0 Å². The Morgan fingerprint density at radius 1 is 1.29 bits per heavy atom. The van der Waals surface area contributed by atoms with Crippen LogP contribution in [-0.4, -0.2) is 49.8 Å². The Morgan fingerprint density at radius 3 is 2.88 bits per heavy atom. The predicted molar refractivity (Wildman–Crippen MR) is 69.1 cm³/mol. The highest BCUT2D eigenvalue weighted by Gasteiger charge is 2.36. The molecular weight excluding hydrogens is 212 g/mol. The van der Waals surface area contributed by atoms with E-state index in [-0.39, 0.29) is 0 Å². The van der Waals surface area contributed by atoms with Crippen molar-refractivity contribution in [1.29, 1.82) is 0 Å². The molecule has 3 atom stereocenters. The molecule has 3 fully saturated rings. The Labute approximate surface area is 105 Å². The Balaban J connectivity index is 1.52. The molecule has 0 aromatic heterocycles. The molecule has 0 radical (unpaired) electrons. The van der Waals surface area contributed by atoms with Gasteiger partial charge in [-0.05, 0) is 44.4 Å². The fraction of sp³-hybridized carbons (Fsp3) is 1.00. The minimum atomic E-state index is 0.701. The van der Waals surface area contributed by atoms with Crippen LogP contribution in [-0.2, 0) is 4.74 Å². The largest absolute Gasteiger partial charge is 0.381 e. The van der Waals surface area contributed by atoms with E-state index in [9.17, 15) is 0 Å². The molecule has 3 unspecified atom stereocenters. The first kappa shape index (κ1) is 11.9. The highest BCUT2D eigenvalue weighted by Crippen LogP contribution is 2.34. The summed E-state index contributed by atoms with van der Waals surface area (Å²) in [4.78, 5) is 2.71. The predicted octanol–water partition coefficient (Wildman–Crippen LogP) is 1.49. The van der Waals surface area contributed by atoms with Gasteiger partial charge >= 0.3 is 0 Å². The summed E-state index contributed by atoms with van der Waals surface area (Å²) in [5.74, 6) is 1.76. The van der Waals surface area contributed by atoms with Crippen LogP contribution in [0, 0.1) is 11.8 Å². The van der Waals surface area contributed by atoms with E-state index in [1.807, 2.05) is 0 Å². The van der Waals surface area contributed by atoms with Crippen LogP contribution in [0.2, 0.25) is 0 Å². The van der Waals surface area contributed by atoms with Crippen LogP contribution in [0.4, 0.5) is 0 Å². The van der Waals surface area contributed by atoms with Crippen LogP contribution in [0.3, 0.4) is 0 Å². The monoisotopic (exact) mass is 238 g/mol. The first-order valence-electron chi connectivity index (χ1n) is 7.38. The molecule has 0 amide bonds. The summed E-state index contributed by atoms with van der Waals surface area (Å²) in [7, 11) is 0. The Morgan fingerprint density at radius 2 is 2.18 bits per heavy atom. The van der Waals surface area contributed by atoms with E-state index in [4.69, 9.17) is 4.74 Å². The quantitative estimate of drug-likeness (QED) is 0.806. The fourth-order valence-electron chi connectivity index (χ4n) is 3.30. The van der Waals surface area contributed by atoms with Crippen molar-refractivity contribution < 1.29 is 4.74 Å². The lowest BCUT2D eigenvalue weighted by atomic mass is 9.98. The van der Waals surface area contributed by atoms with Gasteiger partial charge in [0.15, 0.2) is 0 Å². The molecule has 1 N–H and O–H groups in total. The number of hydrogen-bond acceptors (Lipinski definition) is 3. The maximum atomic E-state index is 5.60. The van der Waals surface area contributed by atoms with Crippen LogP contribution in [0.15, 0.2) is 0 Å². The first-order chi connectivity index (χ1) is 8.33. The van der Waals surface area contributed by atoms with Crippen molar-refractivity contribution in [3.05, 3.63) is 0 Å². The fourth-order valence-corrected chi connectivity index (χ4v) is 3.30. The molecule has 2 heterocycles. The molecule has 3 heteroatoms. The minimum absolute atomic E-state index is 0.701. The average Bonchev–Trinajstić information content (AvgIpc) is 3.17. The zero-order valence-electron chi connectivity index (χ0n) is 11.0. The number of hydrogen-bond donors (Lipinski definition) is 1. The van der Waals surface area contributed by atoms with Gasteiger partial charge in [0, 0.05) is 38.3 Å². The van der Waals surface area contributed by atoms with Crippen LogP contribution in [0.1, 0.15) is 32.6 Å². The second kappa shape index (κ2) is 5.25. The standard InChI is InChI=1S/C14H26N2O/c1-11-7-15-14(13-4-5-13)9-16(11)8-12-3-2-6-17-10-12/h11-15H,2-10H2,1H3. The third-order valence-electron chi connectivity index (χ3n) is 4.67. The van der Waals surface area contributed by atoms with Gasteiger partial charge < -0.3 is 10.1 Å². The molecule has 1 saturated carbocycles. The molecule has 1 aliphatic carbocycles. The molecule has 17 heavy (non-hydrogen) atoms. The van der Waals surface area contributed by atoms with Crippen molar-refractivity contribution in [3.8, 4) is 0 Å². The molecule has 98 valence electrons. The second-order valence-electron chi connectivity index (χ2n) is 6.24. The lowest BCUT2D eigenvalue weighted by molar-refractivity contribution is 0.0229. The van der Waals surface area contributed by atoms with Gasteiger partial charge in [-0.1, -0.05) is 0 Å². The number of nitrogens with one attached hydrogen (secondary N) is 1. The van der Waals surface area contributed by atoms with Crippen molar-refractivity contribution >= 4 is 0 Å². The smallest absolute Gasteiger partial charge is 0.0506 e. The molecule has 0 aromatic carbocycles. The van der Waals surface area contributed by atoms with Crippen molar-refractivity contribution in [3.63, 3.8) is 0 Å². The zero-order valence-corrected chi connectivity index (χ0v) is 11.0. The SMILES string of the molecule is CC1CNC(C2CC2)CN1CC1CCCOC1. The van der Waals surface area contributed by atoms with Gasteiger partial charge in [0.1, 0.15) is 0 Å². The summed E-state index contributed by atoms with van der Waals surface area (Å²) < 4.78 is 5.60. The summed E-state index contributed by atoms with van der Waals surface area (Å²) in [5, 5.41) is 3.73. The molecule has 0 bridgehead atoms. The summed E-state index contributed by atoms with van der Waals surface area (Å²) in [6.07, 6.45) is 5.53. The van der Waals surface area contributed by atoms with Gasteiger partial charge in [0.05, 0.1) is 6.61 Å². The Kier molecular flexibility index (Phi) is 3.69. The van der Waals surface area contributed by atoms with Gasteiger partial charge in [0.2, 0.25) is 0 Å². The van der Waals surface area contributed by atoms with E-state index >= 15 is 0 Å². The van der Waals surface area contributed by atoms with Crippen molar-refractivity contribution in [2.75, 3.05) is 32.8 Å². The Bertz CT molecular complexity index is 249. The lowest BCUT2D eigenvalue weighted by Gasteiger charge is -2.41. The summed E-state index contributed by atoms with van der Waals surface area (Å²) in [5.41, 5.74) is 0. The van der Waals surface area contributed by atoms with E-state index in [2.05, 4.69) is 17.1 Å². The third-order valence-corrected chi connectivity index (χ3v) is 4.67. The summed E-state index contributed by atoms with van der Waals surface area (Å²) in [6, 6.07) is 1.47. The van der Waals surface area contributed by atoms with Gasteiger partial charge in [-0.2, -0.15) is 0 Å². The molecule has 3 rings (SSSR count). The van der Waals surface area contributed by atoms with Crippen LogP contribution < -0.4 is 5.32 Å². The van der Waals surface area contributed by atoms with E-state index in [1.54, 1.807) is 0 Å². The summed E-state index contributed by atoms with van der Waals surface area (Å²) >= 11 is 0. The Hall–Kier alpha value is -0.120. The van der Waals surface area contributed by atoms with Crippen molar-refractivity contribution in [2.24, 2.45) is 11.8 Å². The van der Waals surface area contributed by atoms with Gasteiger partial charge in [-0.25, -0.2) is 0 Å². The molecule has 2 saturated heterocycles. The van der Waals surface area contributed by atoms with Crippen molar-refractivity contribution in [1.82, 2.24) is 10.2 Å². The number of ether oxygens (including phenoxy) is 1. The topological polar surface area (TPSA) is 24.5 Å². The maximum absolute atomic E-state index is 5.60. The molecule has 3 aliphatic rings. The van der Waals surface area contributed by atoms with E-state index in [1.165, 1.54) is 45.3 Å². The zero-order chi connectivity index (χ0) is 11.7. The van der Waals surface area contributed by atoms with E-state index in [0.717, 1.165) is 31.1 Å². The van der Waals surface area contributed by atoms with Crippen LogP contribution >= 0.6 is 0 Å². The van der Waals surface area contributed by atoms with Gasteiger partial charge in [-0.3, -0.25) is 4.90 Å². The highest BCUT2D eigenvalue weighted by atomic mass is 16.5. The number of nitrogens with zero attached hydrogens (tertiary/aromatic N) is 1. The van der Waals surface area contributed by atoms with E-state index in [0.29, 0.717) is 6.04 Å². The minimum Gasteiger partial charge on any atom is -0.381 e. The molecule has 0 aromatic rings. The van der Waals surface area contributed by atoms with Gasteiger partial charge in [-0.15, -0.1) is 0 Å². The molecule has 0 spiro atoms. The molecule has 3 nitrogen and oxygen atoms in total. The van der Waals surface area contributed by atoms with Crippen LogP contribution in [0.25, 0.3) is 0 Å². The third kappa shape index (κ3) is 3.01. The normalized spacial score (nSPS) is 40.4. The highest BCUT2D eigenvalue weighted by molar-refractivity contribution is 4.93. The maximum Gasteiger partial charge on any atom is 0.0506 e. The lowest BCUT2D eigenvalue weighted by Crippen LogP contribution is -2.57. The average molecular weight is 238 g/mol. The molecular formula is C14H26N2O.